The van der Waals surface area contributed by atoms with E-state index in [0.717, 1.165) is 16.5 Å². The van der Waals surface area contributed by atoms with Gasteiger partial charge in [-0.1, -0.05) is 6.92 Å². The van der Waals surface area contributed by atoms with Crippen molar-refractivity contribution in [2.24, 2.45) is 0 Å². The number of aromatic carboxylic acids is 1. The highest BCUT2D eigenvalue weighted by atomic mass is 127. The standard InChI is InChI=1S/C12H13IN4O3/c1-2-5-17-11(14-15-16-17)7-20-10-6-8(12(18)19)3-4-9(10)13/h3-4,6H,2,5,7H2,1H3,(H,18,19). The summed E-state index contributed by atoms with van der Waals surface area (Å²) in [6.45, 7) is 2.95. The molecule has 0 fully saturated rings. The smallest absolute Gasteiger partial charge is 0.335 e. The lowest BCUT2D eigenvalue weighted by atomic mass is 10.2. The SMILES string of the molecule is CCCn1nnnc1COc1cc(C(=O)O)ccc1I. The van der Waals surface area contributed by atoms with Gasteiger partial charge < -0.3 is 9.84 Å². The number of carboxylic acid groups (broad SMARTS) is 1. The average molecular weight is 388 g/mol. The quantitative estimate of drug-likeness (QED) is 0.762. The van der Waals surface area contributed by atoms with E-state index in [-0.39, 0.29) is 12.2 Å². The maximum atomic E-state index is 10.9. The van der Waals surface area contributed by atoms with Gasteiger partial charge in [0.25, 0.3) is 0 Å². The number of tetrazole rings is 1. The number of hydrogen-bond acceptors (Lipinski definition) is 5. The Bertz CT molecular complexity index is 614. The highest BCUT2D eigenvalue weighted by Crippen LogP contribution is 2.23. The molecule has 2 aromatic rings. The Morgan fingerprint density at radius 3 is 3.00 bits per heavy atom. The molecule has 1 aromatic heterocycles. The van der Waals surface area contributed by atoms with E-state index in [9.17, 15) is 4.79 Å². The number of carbonyl (C=O) groups is 1. The fourth-order valence-electron chi connectivity index (χ4n) is 1.60. The predicted octanol–water partition coefficient (Wildman–Crippen LogP) is 1.96. The van der Waals surface area contributed by atoms with Crippen molar-refractivity contribution in [3.63, 3.8) is 0 Å². The Kier molecular flexibility index (Phi) is 4.88. The molecule has 106 valence electrons. The van der Waals surface area contributed by atoms with Crippen molar-refractivity contribution in [1.29, 1.82) is 0 Å². The molecule has 1 N–H and O–H groups in total. The number of carboxylic acids is 1. The first kappa shape index (κ1) is 14.7. The van der Waals surface area contributed by atoms with Gasteiger partial charge in [-0.05, 0) is 57.6 Å². The maximum absolute atomic E-state index is 10.9. The summed E-state index contributed by atoms with van der Waals surface area (Å²) < 4.78 is 8.13. The van der Waals surface area contributed by atoms with Crippen LogP contribution in [-0.2, 0) is 13.2 Å². The Labute approximate surface area is 129 Å². The lowest BCUT2D eigenvalue weighted by molar-refractivity contribution is 0.0696. The third kappa shape index (κ3) is 3.44. The highest BCUT2D eigenvalue weighted by molar-refractivity contribution is 14.1. The number of benzene rings is 1. The van der Waals surface area contributed by atoms with Gasteiger partial charge in [0.05, 0.1) is 9.13 Å². The van der Waals surface area contributed by atoms with Crippen LogP contribution in [0.2, 0.25) is 0 Å². The number of hydrogen-bond donors (Lipinski definition) is 1. The summed E-state index contributed by atoms with van der Waals surface area (Å²) >= 11 is 2.09. The van der Waals surface area contributed by atoms with Crippen LogP contribution in [0.5, 0.6) is 5.75 Å². The molecule has 0 atom stereocenters. The summed E-state index contributed by atoms with van der Waals surface area (Å²) in [5.41, 5.74) is 0.188. The molecule has 0 bridgehead atoms. The van der Waals surface area contributed by atoms with Crippen LogP contribution >= 0.6 is 22.6 Å². The molecule has 2 rings (SSSR count). The van der Waals surface area contributed by atoms with Crippen molar-refractivity contribution in [2.45, 2.75) is 26.5 Å². The topological polar surface area (TPSA) is 90.1 Å². The van der Waals surface area contributed by atoms with E-state index < -0.39 is 5.97 Å². The second-order valence-electron chi connectivity index (χ2n) is 4.06. The molecule has 0 unspecified atom stereocenters. The van der Waals surface area contributed by atoms with Gasteiger partial charge in [-0.2, -0.15) is 0 Å². The predicted molar refractivity (Wildman–Crippen MR) is 78.6 cm³/mol. The molecule has 1 heterocycles. The second kappa shape index (κ2) is 6.64. The van der Waals surface area contributed by atoms with Gasteiger partial charge in [0.15, 0.2) is 5.82 Å². The minimum absolute atomic E-state index is 0.188. The van der Waals surface area contributed by atoms with E-state index in [2.05, 4.69) is 38.1 Å². The number of halogens is 1. The van der Waals surface area contributed by atoms with Crippen molar-refractivity contribution in [1.82, 2.24) is 20.2 Å². The zero-order valence-corrected chi connectivity index (χ0v) is 12.9. The molecule has 1 aromatic carbocycles. The molecule has 0 amide bonds. The molecule has 0 spiro atoms. The number of ether oxygens (including phenoxy) is 1. The van der Waals surface area contributed by atoms with Gasteiger partial charge >= 0.3 is 5.97 Å². The van der Waals surface area contributed by atoms with Crippen molar-refractivity contribution in [3.05, 3.63) is 33.2 Å². The lowest BCUT2D eigenvalue weighted by Gasteiger charge is -2.09. The first-order chi connectivity index (χ1) is 9.61. The van der Waals surface area contributed by atoms with Crippen molar-refractivity contribution >= 4 is 28.6 Å². The van der Waals surface area contributed by atoms with Crippen molar-refractivity contribution < 1.29 is 14.6 Å². The van der Waals surface area contributed by atoms with E-state index in [1.165, 1.54) is 12.1 Å². The van der Waals surface area contributed by atoms with Crippen LogP contribution < -0.4 is 4.74 Å². The summed E-state index contributed by atoms with van der Waals surface area (Å²) in [5.74, 6) is 0.141. The number of aryl methyl sites for hydroxylation is 1. The molecular formula is C12H13IN4O3. The minimum atomic E-state index is -0.984. The molecule has 0 radical (unpaired) electrons. The van der Waals surface area contributed by atoms with Crippen LogP contribution in [0.1, 0.15) is 29.5 Å². The fourth-order valence-corrected chi connectivity index (χ4v) is 2.09. The van der Waals surface area contributed by atoms with Gasteiger partial charge in [0, 0.05) is 6.54 Å². The van der Waals surface area contributed by atoms with Crippen LogP contribution in [0, 0.1) is 3.57 Å². The largest absolute Gasteiger partial charge is 0.484 e. The Balaban J connectivity index is 2.12. The monoisotopic (exact) mass is 388 g/mol. The van der Waals surface area contributed by atoms with E-state index in [1.807, 2.05) is 6.92 Å². The molecule has 0 saturated heterocycles. The molecule has 0 aliphatic carbocycles. The van der Waals surface area contributed by atoms with Crippen molar-refractivity contribution in [2.75, 3.05) is 0 Å². The summed E-state index contributed by atoms with van der Waals surface area (Å²) in [7, 11) is 0. The summed E-state index contributed by atoms with van der Waals surface area (Å²) in [5, 5.41) is 20.3. The third-order valence-electron chi connectivity index (χ3n) is 2.58. The maximum Gasteiger partial charge on any atom is 0.335 e. The summed E-state index contributed by atoms with van der Waals surface area (Å²) in [6, 6.07) is 4.74. The van der Waals surface area contributed by atoms with E-state index in [4.69, 9.17) is 9.84 Å². The zero-order valence-electron chi connectivity index (χ0n) is 10.8. The van der Waals surface area contributed by atoms with Gasteiger partial charge in [-0.25, -0.2) is 9.48 Å². The van der Waals surface area contributed by atoms with Crippen LogP contribution in [0.4, 0.5) is 0 Å². The molecule has 7 nitrogen and oxygen atoms in total. The molecule has 0 saturated carbocycles. The van der Waals surface area contributed by atoms with Crippen LogP contribution in [-0.4, -0.2) is 31.3 Å². The van der Waals surface area contributed by atoms with Crippen LogP contribution in [0.3, 0.4) is 0 Å². The Hall–Kier alpha value is -1.71. The normalized spacial score (nSPS) is 10.5. The van der Waals surface area contributed by atoms with E-state index in [1.54, 1.807) is 10.7 Å². The minimum Gasteiger partial charge on any atom is -0.484 e. The second-order valence-corrected chi connectivity index (χ2v) is 5.22. The van der Waals surface area contributed by atoms with Crippen LogP contribution in [0.15, 0.2) is 18.2 Å². The molecule has 20 heavy (non-hydrogen) atoms. The van der Waals surface area contributed by atoms with Gasteiger partial charge in [0.1, 0.15) is 12.4 Å². The van der Waals surface area contributed by atoms with Gasteiger partial charge in [-0.15, -0.1) is 5.10 Å². The number of rotatable bonds is 6. The van der Waals surface area contributed by atoms with E-state index >= 15 is 0 Å². The van der Waals surface area contributed by atoms with Gasteiger partial charge in [0.2, 0.25) is 0 Å². The zero-order chi connectivity index (χ0) is 14.5. The highest BCUT2D eigenvalue weighted by Gasteiger charge is 2.10. The molecule has 0 aliphatic rings. The number of nitrogens with zero attached hydrogens (tertiary/aromatic N) is 4. The Morgan fingerprint density at radius 2 is 2.30 bits per heavy atom. The molecular weight excluding hydrogens is 375 g/mol. The van der Waals surface area contributed by atoms with Crippen LogP contribution in [0.25, 0.3) is 0 Å². The molecule has 0 aliphatic heterocycles. The summed E-state index contributed by atoms with van der Waals surface area (Å²) in [6.07, 6.45) is 0.921. The lowest BCUT2D eigenvalue weighted by Crippen LogP contribution is -2.09. The van der Waals surface area contributed by atoms with E-state index in [0.29, 0.717) is 11.6 Å². The first-order valence-corrected chi connectivity index (χ1v) is 7.10. The van der Waals surface area contributed by atoms with Gasteiger partial charge in [-0.3, -0.25) is 0 Å². The molecule has 8 heteroatoms. The Morgan fingerprint density at radius 1 is 1.50 bits per heavy atom. The van der Waals surface area contributed by atoms with Crippen molar-refractivity contribution in [3.8, 4) is 5.75 Å². The summed E-state index contributed by atoms with van der Waals surface area (Å²) in [4.78, 5) is 10.9. The average Bonchev–Trinajstić information content (AvgIpc) is 2.85. The fraction of sp³-hybridized carbons (Fsp3) is 0.333. The number of aromatic nitrogens is 4. The third-order valence-corrected chi connectivity index (χ3v) is 3.47. The first-order valence-electron chi connectivity index (χ1n) is 6.02.